The zero-order valence-corrected chi connectivity index (χ0v) is 8.17. The SMILES string of the molecule is C/C=C\C(=C/CC)OCCOC. The smallest absolute Gasteiger partial charge is 0.115 e. The largest absolute Gasteiger partial charge is 0.492 e. The molecule has 2 nitrogen and oxygen atoms in total. The van der Waals surface area contributed by atoms with Gasteiger partial charge in [-0.2, -0.15) is 0 Å². The average molecular weight is 170 g/mol. The topological polar surface area (TPSA) is 18.5 Å². The summed E-state index contributed by atoms with van der Waals surface area (Å²) in [6.45, 7) is 5.32. The van der Waals surface area contributed by atoms with Crippen molar-refractivity contribution in [2.45, 2.75) is 20.3 Å². The van der Waals surface area contributed by atoms with Crippen molar-refractivity contribution < 1.29 is 9.47 Å². The summed E-state index contributed by atoms with van der Waals surface area (Å²) in [5.74, 6) is 0.928. The summed E-state index contributed by atoms with van der Waals surface area (Å²) < 4.78 is 10.3. The Bertz CT molecular complexity index is 148. The number of hydrogen-bond donors (Lipinski definition) is 0. The molecule has 0 unspecified atom stereocenters. The Morgan fingerprint density at radius 2 is 2.08 bits per heavy atom. The third-order valence-corrected chi connectivity index (χ3v) is 1.29. The Balaban J connectivity index is 3.72. The van der Waals surface area contributed by atoms with Crippen LogP contribution in [0.3, 0.4) is 0 Å². The van der Waals surface area contributed by atoms with E-state index in [1.807, 2.05) is 19.1 Å². The van der Waals surface area contributed by atoms with Gasteiger partial charge in [-0.3, -0.25) is 0 Å². The minimum absolute atomic E-state index is 0.618. The Kier molecular flexibility index (Phi) is 7.81. The van der Waals surface area contributed by atoms with Crippen LogP contribution in [0, 0.1) is 0 Å². The molecule has 0 amide bonds. The lowest BCUT2D eigenvalue weighted by atomic mass is 10.3. The second-order valence-corrected chi connectivity index (χ2v) is 2.36. The van der Waals surface area contributed by atoms with Crippen molar-refractivity contribution in [3.05, 3.63) is 24.0 Å². The van der Waals surface area contributed by atoms with Crippen molar-refractivity contribution in [3.8, 4) is 0 Å². The number of methoxy groups -OCH3 is 1. The fourth-order valence-corrected chi connectivity index (χ4v) is 0.783. The lowest BCUT2D eigenvalue weighted by Crippen LogP contribution is -2.00. The maximum Gasteiger partial charge on any atom is 0.115 e. The van der Waals surface area contributed by atoms with Gasteiger partial charge in [0.25, 0.3) is 0 Å². The monoisotopic (exact) mass is 170 g/mol. The molecule has 0 radical (unpaired) electrons. The van der Waals surface area contributed by atoms with Gasteiger partial charge in [-0.05, 0) is 25.5 Å². The summed E-state index contributed by atoms with van der Waals surface area (Å²) in [5.41, 5.74) is 0. The van der Waals surface area contributed by atoms with E-state index in [4.69, 9.17) is 9.47 Å². The zero-order chi connectivity index (χ0) is 9.23. The molecule has 0 aliphatic rings. The first-order chi connectivity index (χ1) is 5.85. The van der Waals surface area contributed by atoms with Gasteiger partial charge in [0.1, 0.15) is 12.4 Å². The van der Waals surface area contributed by atoms with Crippen molar-refractivity contribution in [2.75, 3.05) is 20.3 Å². The van der Waals surface area contributed by atoms with E-state index < -0.39 is 0 Å². The number of ether oxygens (including phenoxy) is 2. The molecule has 0 heterocycles. The molecule has 2 heteroatoms. The van der Waals surface area contributed by atoms with E-state index in [1.165, 1.54) is 0 Å². The lowest BCUT2D eigenvalue weighted by Gasteiger charge is -2.05. The van der Waals surface area contributed by atoms with E-state index in [9.17, 15) is 0 Å². The molecule has 0 saturated heterocycles. The van der Waals surface area contributed by atoms with Gasteiger partial charge in [-0.15, -0.1) is 0 Å². The van der Waals surface area contributed by atoms with Crippen molar-refractivity contribution in [1.29, 1.82) is 0 Å². The van der Waals surface area contributed by atoms with Gasteiger partial charge < -0.3 is 9.47 Å². The van der Waals surface area contributed by atoms with Gasteiger partial charge >= 0.3 is 0 Å². The summed E-state index contributed by atoms with van der Waals surface area (Å²) in [5, 5.41) is 0. The Morgan fingerprint density at radius 1 is 1.33 bits per heavy atom. The molecule has 0 saturated carbocycles. The zero-order valence-electron chi connectivity index (χ0n) is 8.17. The molecule has 0 atom stereocenters. The van der Waals surface area contributed by atoms with Crippen molar-refractivity contribution in [1.82, 2.24) is 0 Å². The second-order valence-electron chi connectivity index (χ2n) is 2.36. The van der Waals surface area contributed by atoms with Crippen LogP contribution in [0.2, 0.25) is 0 Å². The van der Waals surface area contributed by atoms with Crippen LogP contribution in [0.1, 0.15) is 20.3 Å². The van der Waals surface area contributed by atoms with Crippen LogP contribution in [-0.2, 0) is 9.47 Å². The molecular formula is C10H18O2. The first-order valence-electron chi connectivity index (χ1n) is 4.29. The van der Waals surface area contributed by atoms with Crippen molar-refractivity contribution in [3.63, 3.8) is 0 Å². The van der Waals surface area contributed by atoms with E-state index in [0.717, 1.165) is 12.2 Å². The van der Waals surface area contributed by atoms with Crippen LogP contribution < -0.4 is 0 Å². The molecular weight excluding hydrogens is 152 g/mol. The molecule has 0 fully saturated rings. The molecule has 0 aliphatic heterocycles. The van der Waals surface area contributed by atoms with Crippen LogP contribution in [0.4, 0.5) is 0 Å². The fourth-order valence-electron chi connectivity index (χ4n) is 0.783. The molecule has 0 aromatic carbocycles. The highest BCUT2D eigenvalue weighted by Crippen LogP contribution is 2.01. The minimum atomic E-state index is 0.618. The molecule has 0 aromatic heterocycles. The molecule has 0 aromatic rings. The second kappa shape index (κ2) is 8.34. The van der Waals surface area contributed by atoms with Crippen LogP contribution in [0.25, 0.3) is 0 Å². The maximum absolute atomic E-state index is 5.41. The number of rotatable bonds is 6. The normalized spacial score (nSPS) is 12.4. The lowest BCUT2D eigenvalue weighted by molar-refractivity contribution is 0.114. The van der Waals surface area contributed by atoms with Crippen LogP contribution >= 0.6 is 0 Å². The third-order valence-electron chi connectivity index (χ3n) is 1.29. The predicted octanol–water partition coefficient (Wildman–Crippen LogP) is 2.52. The van der Waals surface area contributed by atoms with Crippen molar-refractivity contribution >= 4 is 0 Å². The molecule has 0 aliphatic carbocycles. The summed E-state index contributed by atoms with van der Waals surface area (Å²) in [4.78, 5) is 0. The Hall–Kier alpha value is -0.760. The standard InChI is InChI=1S/C10H18O2/c1-4-6-10(7-5-2)12-9-8-11-3/h4,6-7H,5,8-9H2,1-3H3/b6-4-,10-7+. The van der Waals surface area contributed by atoms with E-state index in [2.05, 4.69) is 13.0 Å². The van der Waals surface area contributed by atoms with Gasteiger partial charge in [0.2, 0.25) is 0 Å². The molecule has 0 rings (SSSR count). The molecule has 70 valence electrons. The van der Waals surface area contributed by atoms with Crippen LogP contribution in [0.15, 0.2) is 24.0 Å². The molecule has 0 bridgehead atoms. The van der Waals surface area contributed by atoms with E-state index in [1.54, 1.807) is 7.11 Å². The highest BCUT2D eigenvalue weighted by molar-refractivity contribution is 5.10. The minimum Gasteiger partial charge on any atom is -0.492 e. The molecule has 12 heavy (non-hydrogen) atoms. The van der Waals surface area contributed by atoms with Gasteiger partial charge in [-0.1, -0.05) is 13.0 Å². The highest BCUT2D eigenvalue weighted by atomic mass is 16.5. The number of hydrogen-bond acceptors (Lipinski definition) is 2. The summed E-state index contributed by atoms with van der Waals surface area (Å²) in [6.07, 6.45) is 6.97. The summed E-state index contributed by atoms with van der Waals surface area (Å²) in [7, 11) is 1.67. The molecule has 0 N–H and O–H groups in total. The van der Waals surface area contributed by atoms with E-state index in [0.29, 0.717) is 13.2 Å². The molecule has 0 spiro atoms. The summed E-state index contributed by atoms with van der Waals surface area (Å²) in [6, 6.07) is 0. The highest BCUT2D eigenvalue weighted by Gasteiger charge is 1.90. The third kappa shape index (κ3) is 5.98. The predicted molar refractivity (Wildman–Crippen MR) is 51.0 cm³/mol. The van der Waals surface area contributed by atoms with E-state index >= 15 is 0 Å². The quantitative estimate of drug-likeness (QED) is 0.346. The fraction of sp³-hybridized carbons (Fsp3) is 0.600. The first-order valence-corrected chi connectivity index (χ1v) is 4.29. The van der Waals surface area contributed by atoms with Gasteiger partial charge in [0.15, 0.2) is 0 Å². The average Bonchev–Trinajstić information content (AvgIpc) is 2.06. The van der Waals surface area contributed by atoms with Gasteiger partial charge in [-0.25, -0.2) is 0 Å². The van der Waals surface area contributed by atoms with Gasteiger partial charge in [0, 0.05) is 7.11 Å². The van der Waals surface area contributed by atoms with Crippen molar-refractivity contribution in [2.24, 2.45) is 0 Å². The van der Waals surface area contributed by atoms with Crippen LogP contribution in [-0.4, -0.2) is 20.3 Å². The van der Waals surface area contributed by atoms with Gasteiger partial charge in [0.05, 0.1) is 6.61 Å². The Morgan fingerprint density at radius 3 is 2.58 bits per heavy atom. The van der Waals surface area contributed by atoms with Crippen LogP contribution in [0.5, 0.6) is 0 Å². The Labute approximate surface area is 74.9 Å². The number of allylic oxidation sites excluding steroid dienone is 3. The summed E-state index contributed by atoms with van der Waals surface area (Å²) >= 11 is 0. The maximum atomic E-state index is 5.41. The van der Waals surface area contributed by atoms with E-state index in [-0.39, 0.29) is 0 Å². The first kappa shape index (κ1) is 11.2.